The lowest BCUT2D eigenvalue weighted by molar-refractivity contribution is -0.119. The van der Waals surface area contributed by atoms with Crippen LogP contribution < -0.4 is 4.90 Å². The second kappa shape index (κ2) is 13.5. The van der Waals surface area contributed by atoms with Crippen LogP contribution in [0.5, 0.6) is 0 Å². The third kappa shape index (κ3) is 7.45. The zero-order chi connectivity index (χ0) is 20.3. The Labute approximate surface area is 188 Å². The quantitative estimate of drug-likeness (QED) is 0.425. The Bertz CT molecular complexity index is 714. The third-order valence-corrected chi connectivity index (χ3v) is 6.03. The maximum atomic E-state index is 13.1. The van der Waals surface area contributed by atoms with Gasteiger partial charge in [-0.2, -0.15) is 0 Å². The van der Waals surface area contributed by atoms with E-state index in [2.05, 4.69) is 59.2 Å². The van der Waals surface area contributed by atoms with Crippen LogP contribution >= 0.6 is 12.4 Å². The Morgan fingerprint density at radius 2 is 1.57 bits per heavy atom. The van der Waals surface area contributed by atoms with Gasteiger partial charge in [-0.15, -0.1) is 12.4 Å². The molecule has 2 aromatic carbocycles. The van der Waals surface area contributed by atoms with E-state index in [9.17, 15) is 4.79 Å². The number of piperidine rings is 1. The highest BCUT2D eigenvalue weighted by Gasteiger charge is 2.28. The summed E-state index contributed by atoms with van der Waals surface area (Å²) < 4.78 is 0. The second-order valence-corrected chi connectivity index (χ2v) is 8.22. The van der Waals surface area contributed by atoms with Crippen molar-refractivity contribution in [3.63, 3.8) is 0 Å². The minimum atomic E-state index is 0. The van der Waals surface area contributed by atoms with Crippen molar-refractivity contribution < 1.29 is 4.79 Å². The third-order valence-electron chi connectivity index (χ3n) is 6.03. The summed E-state index contributed by atoms with van der Waals surface area (Å²) in [5.41, 5.74) is 2.47. The number of rotatable bonds is 10. The van der Waals surface area contributed by atoms with Gasteiger partial charge in [0.25, 0.3) is 0 Å². The normalized spacial score (nSPS) is 14.8. The molecular weight excluding hydrogens is 392 g/mol. The maximum Gasteiger partial charge on any atom is 0.227 e. The summed E-state index contributed by atoms with van der Waals surface area (Å²) in [5, 5.41) is 0. The van der Waals surface area contributed by atoms with Crippen LogP contribution in [0.25, 0.3) is 0 Å². The molecule has 0 unspecified atom stereocenters. The van der Waals surface area contributed by atoms with E-state index in [1.165, 1.54) is 18.4 Å². The van der Waals surface area contributed by atoms with Crippen molar-refractivity contribution in [3.05, 3.63) is 66.2 Å². The van der Waals surface area contributed by atoms with Gasteiger partial charge < -0.3 is 9.80 Å². The molecule has 30 heavy (non-hydrogen) atoms. The first-order valence-corrected chi connectivity index (χ1v) is 11.4. The summed E-state index contributed by atoms with van der Waals surface area (Å²) in [6.45, 7) is 5.46. The van der Waals surface area contributed by atoms with Gasteiger partial charge >= 0.3 is 0 Å². The molecule has 0 saturated carbocycles. The molecule has 4 heteroatoms. The fourth-order valence-corrected chi connectivity index (χ4v) is 4.30. The number of halogens is 1. The molecule has 1 aliphatic heterocycles. The van der Waals surface area contributed by atoms with Crippen LogP contribution in [0.4, 0.5) is 5.69 Å². The van der Waals surface area contributed by atoms with Crippen molar-refractivity contribution in [1.29, 1.82) is 0 Å². The van der Waals surface area contributed by atoms with E-state index >= 15 is 0 Å². The summed E-state index contributed by atoms with van der Waals surface area (Å²) in [6, 6.07) is 21.3. The molecule has 2 aromatic rings. The number of amides is 1. The number of para-hydroxylation sites is 1. The number of unbranched alkanes of at least 4 members (excludes halogenated alkanes) is 3. The van der Waals surface area contributed by atoms with E-state index in [0.717, 1.165) is 57.4 Å². The van der Waals surface area contributed by atoms with Gasteiger partial charge in [0.05, 0.1) is 0 Å². The number of anilines is 1. The molecule has 0 bridgehead atoms. The van der Waals surface area contributed by atoms with E-state index in [1.54, 1.807) is 0 Å². The van der Waals surface area contributed by atoms with Crippen LogP contribution in [0.15, 0.2) is 60.7 Å². The molecule has 0 radical (unpaired) electrons. The van der Waals surface area contributed by atoms with Gasteiger partial charge in [0.1, 0.15) is 0 Å². The van der Waals surface area contributed by atoms with Gasteiger partial charge in [-0.05, 0) is 43.4 Å². The Morgan fingerprint density at radius 1 is 0.933 bits per heavy atom. The number of carbonyl (C=O) groups excluding carboxylic acids is 1. The summed E-state index contributed by atoms with van der Waals surface area (Å²) in [7, 11) is 0. The van der Waals surface area contributed by atoms with Crippen molar-refractivity contribution in [2.45, 2.75) is 64.3 Å². The van der Waals surface area contributed by atoms with Crippen LogP contribution in [0, 0.1) is 0 Å². The molecule has 0 aliphatic carbocycles. The second-order valence-electron chi connectivity index (χ2n) is 8.22. The molecule has 1 heterocycles. The Kier molecular flexibility index (Phi) is 11.0. The van der Waals surface area contributed by atoms with Crippen LogP contribution in [0.3, 0.4) is 0 Å². The molecule has 0 N–H and O–H groups in total. The fraction of sp³-hybridized carbons (Fsp3) is 0.500. The summed E-state index contributed by atoms with van der Waals surface area (Å²) in [6.07, 6.45) is 8.48. The molecule has 0 atom stereocenters. The number of carbonyl (C=O) groups is 1. The van der Waals surface area contributed by atoms with Gasteiger partial charge in [-0.3, -0.25) is 4.79 Å². The van der Waals surface area contributed by atoms with Crippen LogP contribution in [0.2, 0.25) is 0 Å². The number of nitrogens with zero attached hydrogens (tertiary/aromatic N) is 2. The van der Waals surface area contributed by atoms with E-state index in [4.69, 9.17) is 0 Å². The van der Waals surface area contributed by atoms with E-state index < -0.39 is 0 Å². The molecule has 0 aromatic heterocycles. The predicted molar refractivity (Wildman–Crippen MR) is 130 cm³/mol. The minimum Gasteiger partial charge on any atom is -0.309 e. The SMILES string of the molecule is CCCCCCC(=O)N(c1ccccc1)C1CCN(CCc2ccccc2)CC1.Cl. The topological polar surface area (TPSA) is 23.6 Å². The predicted octanol–water partition coefficient (Wildman–Crippen LogP) is 6.12. The first kappa shape index (κ1) is 24.4. The van der Waals surface area contributed by atoms with E-state index in [1.807, 2.05) is 18.2 Å². The average Bonchev–Trinajstić information content (AvgIpc) is 2.78. The van der Waals surface area contributed by atoms with Crippen molar-refractivity contribution in [2.75, 3.05) is 24.5 Å². The Balaban J connectivity index is 0.00000320. The van der Waals surface area contributed by atoms with Gasteiger partial charge in [-0.25, -0.2) is 0 Å². The van der Waals surface area contributed by atoms with Crippen LogP contribution in [-0.4, -0.2) is 36.5 Å². The molecule has 3 rings (SSSR count). The highest BCUT2D eigenvalue weighted by molar-refractivity contribution is 5.93. The summed E-state index contributed by atoms with van der Waals surface area (Å²) in [5.74, 6) is 0.301. The lowest BCUT2D eigenvalue weighted by Crippen LogP contribution is -2.48. The smallest absolute Gasteiger partial charge is 0.227 e. The average molecular weight is 429 g/mol. The van der Waals surface area contributed by atoms with E-state index in [-0.39, 0.29) is 12.4 Å². The highest BCUT2D eigenvalue weighted by Crippen LogP contribution is 2.25. The number of likely N-dealkylation sites (tertiary alicyclic amines) is 1. The lowest BCUT2D eigenvalue weighted by atomic mass is 10.0. The van der Waals surface area contributed by atoms with Crippen molar-refractivity contribution >= 4 is 24.0 Å². The molecule has 1 fully saturated rings. The number of hydrogen-bond donors (Lipinski definition) is 0. The summed E-state index contributed by atoms with van der Waals surface area (Å²) >= 11 is 0. The maximum absolute atomic E-state index is 13.1. The first-order valence-electron chi connectivity index (χ1n) is 11.4. The number of benzene rings is 2. The van der Waals surface area contributed by atoms with Crippen molar-refractivity contribution in [2.24, 2.45) is 0 Å². The van der Waals surface area contributed by atoms with Gasteiger partial charge in [0.2, 0.25) is 5.91 Å². The monoisotopic (exact) mass is 428 g/mol. The molecule has 164 valence electrons. The molecule has 1 amide bonds. The summed E-state index contributed by atoms with van der Waals surface area (Å²) in [4.78, 5) is 17.8. The minimum absolute atomic E-state index is 0. The molecule has 1 saturated heterocycles. The van der Waals surface area contributed by atoms with Crippen LogP contribution in [-0.2, 0) is 11.2 Å². The van der Waals surface area contributed by atoms with Gasteiger partial charge in [0.15, 0.2) is 0 Å². The standard InChI is InChI=1S/C26H36N2O.ClH/c1-2-3-4-11-16-26(29)28(24-14-9-6-10-15-24)25-18-21-27(22-19-25)20-17-23-12-7-5-8-13-23;/h5-10,12-15,25H,2-4,11,16-22H2,1H3;1H. The van der Waals surface area contributed by atoms with Gasteiger partial charge in [-0.1, -0.05) is 74.7 Å². The van der Waals surface area contributed by atoms with Gasteiger partial charge in [0, 0.05) is 37.8 Å². The first-order chi connectivity index (χ1) is 14.3. The Hall–Kier alpha value is -1.84. The van der Waals surface area contributed by atoms with Crippen molar-refractivity contribution in [3.8, 4) is 0 Å². The Morgan fingerprint density at radius 3 is 2.20 bits per heavy atom. The largest absolute Gasteiger partial charge is 0.309 e. The zero-order valence-corrected chi connectivity index (χ0v) is 19.2. The highest BCUT2D eigenvalue weighted by atomic mass is 35.5. The van der Waals surface area contributed by atoms with Crippen LogP contribution in [0.1, 0.15) is 57.4 Å². The van der Waals surface area contributed by atoms with Crippen molar-refractivity contribution in [1.82, 2.24) is 4.90 Å². The fourth-order valence-electron chi connectivity index (χ4n) is 4.30. The molecule has 0 spiro atoms. The zero-order valence-electron chi connectivity index (χ0n) is 18.3. The van der Waals surface area contributed by atoms with E-state index in [0.29, 0.717) is 18.4 Å². The lowest BCUT2D eigenvalue weighted by Gasteiger charge is -2.38. The molecule has 1 aliphatic rings. The number of hydrogen-bond acceptors (Lipinski definition) is 2. The molecule has 3 nitrogen and oxygen atoms in total. The molecular formula is C26H37ClN2O.